The highest BCUT2D eigenvalue weighted by Gasteiger charge is 2.19. The lowest BCUT2D eigenvalue weighted by molar-refractivity contribution is 0.0688. The molecule has 0 aliphatic heterocycles. The molecule has 0 saturated carbocycles. The van der Waals surface area contributed by atoms with Gasteiger partial charge in [-0.15, -0.1) is 5.10 Å². The number of hydrogen-bond acceptors (Lipinski definition) is 4. The van der Waals surface area contributed by atoms with Crippen LogP contribution in [0.4, 0.5) is 4.39 Å². The van der Waals surface area contributed by atoms with Crippen LogP contribution in [0.5, 0.6) is 0 Å². The second-order valence-electron chi connectivity index (χ2n) is 4.33. The van der Waals surface area contributed by atoms with Crippen molar-refractivity contribution in [2.75, 3.05) is 13.7 Å². The molecule has 2 aromatic rings. The standard InChI is InChI=1S/C13H13BrFN3O3/c1-21-5-4-11-12(13(19)20)16-17-18(11)7-8-6-9(14)2-3-10(8)15/h2-3,6H,4-5,7H2,1H3,(H,19,20). The molecule has 0 unspecified atom stereocenters. The van der Waals surface area contributed by atoms with Crippen LogP contribution in [0.3, 0.4) is 0 Å². The molecule has 0 saturated heterocycles. The lowest BCUT2D eigenvalue weighted by atomic mass is 10.2. The van der Waals surface area contributed by atoms with Crippen molar-refractivity contribution in [3.63, 3.8) is 0 Å². The fourth-order valence-corrected chi connectivity index (χ4v) is 2.31. The van der Waals surface area contributed by atoms with Crippen LogP contribution in [-0.2, 0) is 17.7 Å². The lowest BCUT2D eigenvalue weighted by Crippen LogP contribution is -2.12. The monoisotopic (exact) mass is 357 g/mol. The summed E-state index contributed by atoms with van der Waals surface area (Å²) in [6.07, 6.45) is 0.334. The Labute approximate surface area is 128 Å². The van der Waals surface area contributed by atoms with Gasteiger partial charge in [0.05, 0.1) is 18.8 Å². The number of rotatable bonds is 6. The van der Waals surface area contributed by atoms with Crippen molar-refractivity contribution in [1.29, 1.82) is 0 Å². The Kier molecular flexibility index (Phi) is 5.03. The molecule has 0 atom stereocenters. The zero-order valence-corrected chi connectivity index (χ0v) is 12.8. The van der Waals surface area contributed by atoms with E-state index in [0.717, 1.165) is 4.47 Å². The maximum absolute atomic E-state index is 13.8. The smallest absolute Gasteiger partial charge is 0.358 e. The van der Waals surface area contributed by atoms with E-state index in [1.807, 2.05) is 0 Å². The van der Waals surface area contributed by atoms with Gasteiger partial charge in [-0.3, -0.25) is 0 Å². The molecule has 8 heteroatoms. The number of carboxylic acids is 1. The zero-order chi connectivity index (χ0) is 15.4. The highest BCUT2D eigenvalue weighted by Crippen LogP contribution is 2.18. The topological polar surface area (TPSA) is 77.2 Å². The number of aromatic nitrogens is 3. The first-order chi connectivity index (χ1) is 10.0. The number of methoxy groups -OCH3 is 1. The summed E-state index contributed by atoms with van der Waals surface area (Å²) in [4.78, 5) is 11.1. The van der Waals surface area contributed by atoms with Gasteiger partial charge >= 0.3 is 5.97 Å². The molecule has 21 heavy (non-hydrogen) atoms. The second-order valence-corrected chi connectivity index (χ2v) is 5.24. The van der Waals surface area contributed by atoms with Gasteiger partial charge in [0.25, 0.3) is 0 Å². The minimum atomic E-state index is -1.16. The minimum Gasteiger partial charge on any atom is -0.476 e. The van der Waals surface area contributed by atoms with Crippen molar-refractivity contribution in [2.24, 2.45) is 0 Å². The van der Waals surface area contributed by atoms with E-state index < -0.39 is 5.97 Å². The molecule has 0 bridgehead atoms. The summed E-state index contributed by atoms with van der Waals surface area (Å²) >= 11 is 3.27. The van der Waals surface area contributed by atoms with Crippen LogP contribution in [0, 0.1) is 5.82 Å². The van der Waals surface area contributed by atoms with Crippen molar-refractivity contribution in [3.05, 3.63) is 45.4 Å². The number of ether oxygens (including phenoxy) is 1. The SMILES string of the molecule is COCCc1c(C(=O)O)nnn1Cc1cc(Br)ccc1F. The third kappa shape index (κ3) is 3.64. The van der Waals surface area contributed by atoms with E-state index in [0.29, 0.717) is 24.3 Å². The van der Waals surface area contributed by atoms with Crippen molar-refractivity contribution in [1.82, 2.24) is 15.0 Å². The van der Waals surface area contributed by atoms with Gasteiger partial charge in [0, 0.05) is 23.6 Å². The molecular formula is C13H13BrFN3O3. The van der Waals surface area contributed by atoms with Crippen LogP contribution < -0.4 is 0 Å². The molecular weight excluding hydrogens is 345 g/mol. The molecule has 1 aromatic heterocycles. The van der Waals surface area contributed by atoms with E-state index in [-0.39, 0.29) is 18.1 Å². The van der Waals surface area contributed by atoms with Gasteiger partial charge < -0.3 is 9.84 Å². The second kappa shape index (κ2) is 6.77. The number of carboxylic acid groups (broad SMARTS) is 1. The first-order valence-electron chi connectivity index (χ1n) is 6.11. The zero-order valence-electron chi connectivity index (χ0n) is 11.2. The van der Waals surface area contributed by atoms with E-state index in [1.54, 1.807) is 12.1 Å². The molecule has 1 aromatic carbocycles. The molecule has 6 nitrogen and oxygen atoms in total. The van der Waals surface area contributed by atoms with E-state index in [1.165, 1.54) is 17.9 Å². The molecule has 0 amide bonds. The van der Waals surface area contributed by atoms with Crippen molar-refractivity contribution in [2.45, 2.75) is 13.0 Å². The summed E-state index contributed by atoms with van der Waals surface area (Å²) < 4.78 is 20.9. The summed E-state index contributed by atoms with van der Waals surface area (Å²) in [6, 6.07) is 4.55. The summed E-state index contributed by atoms with van der Waals surface area (Å²) in [5.41, 5.74) is 0.663. The van der Waals surface area contributed by atoms with Crippen LogP contribution in [0.2, 0.25) is 0 Å². The molecule has 1 N–H and O–H groups in total. The Morgan fingerprint density at radius 1 is 1.52 bits per heavy atom. The molecule has 2 rings (SSSR count). The first kappa shape index (κ1) is 15.6. The number of nitrogens with zero attached hydrogens (tertiary/aromatic N) is 3. The van der Waals surface area contributed by atoms with Gasteiger partial charge in [0.15, 0.2) is 5.69 Å². The predicted molar refractivity (Wildman–Crippen MR) is 75.8 cm³/mol. The number of halogens is 2. The van der Waals surface area contributed by atoms with E-state index in [4.69, 9.17) is 9.84 Å². The van der Waals surface area contributed by atoms with Crippen LogP contribution in [0.1, 0.15) is 21.7 Å². The third-order valence-electron chi connectivity index (χ3n) is 2.91. The molecule has 0 aliphatic rings. The normalized spacial score (nSPS) is 10.8. The maximum Gasteiger partial charge on any atom is 0.358 e. The number of benzene rings is 1. The summed E-state index contributed by atoms with van der Waals surface area (Å²) in [5, 5.41) is 16.6. The Morgan fingerprint density at radius 2 is 2.29 bits per heavy atom. The molecule has 0 aliphatic carbocycles. The highest BCUT2D eigenvalue weighted by molar-refractivity contribution is 9.10. The number of hydrogen-bond donors (Lipinski definition) is 1. The number of carbonyl (C=O) groups is 1. The van der Waals surface area contributed by atoms with Crippen molar-refractivity contribution < 1.29 is 19.0 Å². The Morgan fingerprint density at radius 3 is 2.95 bits per heavy atom. The quantitative estimate of drug-likeness (QED) is 0.856. The molecule has 0 radical (unpaired) electrons. The molecule has 112 valence electrons. The largest absolute Gasteiger partial charge is 0.476 e. The van der Waals surface area contributed by atoms with Gasteiger partial charge in [-0.2, -0.15) is 0 Å². The maximum atomic E-state index is 13.8. The number of aromatic carboxylic acids is 1. The first-order valence-corrected chi connectivity index (χ1v) is 6.90. The van der Waals surface area contributed by atoms with E-state index in [2.05, 4.69) is 26.2 Å². The van der Waals surface area contributed by atoms with Crippen molar-refractivity contribution in [3.8, 4) is 0 Å². The van der Waals surface area contributed by atoms with Gasteiger partial charge in [-0.05, 0) is 18.2 Å². The lowest BCUT2D eigenvalue weighted by Gasteiger charge is -2.08. The van der Waals surface area contributed by atoms with E-state index >= 15 is 0 Å². The van der Waals surface area contributed by atoms with Crippen LogP contribution >= 0.6 is 15.9 Å². The van der Waals surface area contributed by atoms with Gasteiger partial charge in [0.2, 0.25) is 0 Å². The predicted octanol–water partition coefficient (Wildman–Crippen LogP) is 2.12. The van der Waals surface area contributed by atoms with Gasteiger partial charge in [-0.25, -0.2) is 13.9 Å². The average Bonchev–Trinajstić information content (AvgIpc) is 2.83. The van der Waals surface area contributed by atoms with Gasteiger partial charge in [0.1, 0.15) is 5.82 Å². The van der Waals surface area contributed by atoms with Crippen LogP contribution in [0.15, 0.2) is 22.7 Å². The Hall–Kier alpha value is -1.80. The van der Waals surface area contributed by atoms with Gasteiger partial charge in [-0.1, -0.05) is 21.1 Å². The third-order valence-corrected chi connectivity index (χ3v) is 3.40. The van der Waals surface area contributed by atoms with Crippen LogP contribution in [-0.4, -0.2) is 39.8 Å². The van der Waals surface area contributed by atoms with E-state index in [9.17, 15) is 9.18 Å². The fraction of sp³-hybridized carbons (Fsp3) is 0.308. The summed E-state index contributed by atoms with van der Waals surface area (Å²) in [6.45, 7) is 0.430. The fourth-order valence-electron chi connectivity index (χ4n) is 1.90. The molecule has 0 fully saturated rings. The molecule has 0 spiro atoms. The Balaban J connectivity index is 2.34. The summed E-state index contributed by atoms with van der Waals surface area (Å²) in [7, 11) is 1.52. The highest BCUT2D eigenvalue weighted by atomic mass is 79.9. The minimum absolute atomic E-state index is 0.102. The van der Waals surface area contributed by atoms with Crippen LogP contribution in [0.25, 0.3) is 0 Å². The average molecular weight is 358 g/mol. The molecule has 1 heterocycles. The summed E-state index contributed by atoms with van der Waals surface area (Å²) in [5.74, 6) is -1.55. The Bertz CT molecular complexity index is 660. The van der Waals surface area contributed by atoms with Crippen molar-refractivity contribution >= 4 is 21.9 Å².